The monoisotopic (exact) mass is 295 g/mol. The topological polar surface area (TPSA) is 25.2 Å². The zero-order valence-electron chi connectivity index (χ0n) is 10.7. The Hall–Kier alpha value is -0.800. The van der Waals surface area contributed by atoms with Gasteiger partial charge >= 0.3 is 0 Å². The van der Waals surface area contributed by atoms with Gasteiger partial charge in [-0.05, 0) is 36.7 Å². The third-order valence-electron chi connectivity index (χ3n) is 2.94. The van der Waals surface area contributed by atoms with Crippen LogP contribution in [0.5, 0.6) is 0 Å². The molecule has 92 valence electrons. The number of nitrogens with one attached hydrogen (secondary N) is 1. The fourth-order valence-corrected chi connectivity index (χ4v) is 2.56. The van der Waals surface area contributed by atoms with Crippen molar-refractivity contribution in [1.29, 1.82) is 0 Å². The molecule has 0 aliphatic heterocycles. The second kappa shape index (κ2) is 4.46. The Morgan fingerprint density at radius 1 is 1.24 bits per heavy atom. The maximum atomic E-state index is 5.92. The Kier molecular flexibility index (Phi) is 3.32. The maximum absolute atomic E-state index is 5.92. The fourth-order valence-electron chi connectivity index (χ4n) is 2.18. The molecule has 0 aliphatic rings. The van der Waals surface area contributed by atoms with E-state index in [2.05, 4.69) is 54.2 Å². The van der Waals surface area contributed by atoms with Crippen LogP contribution in [0.3, 0.4) is 0 Å². The van der Waals surface area contributed by atoms with Gasteiger partial charge in [0.15, 0.2) is 0 Å². The molecule has 1 aromatic heterocycles. The first-order valence-electron chi connectivity index (χ1n) is 5.78. The molecule has 0 spiro atoms. The quantitative estimate of drug-likeness (QED) is 0.882. The molecule has 0 radical (unpaired) electrons. The summed E-state index contributed by atoms with van der Waals surface area (Å²) in [6, 6.07) is 8.41. The van der Waals surface area contributed by atoms with Gasteiger partial charge < -0.3 is 9.73 Å². The van der Waals surface area contributed by atoms with Crippen molar-refractivity contribution in [1.82, 2.24) is 5.32 Å². The summed E-state index contributed by atoms with van der Waals surface area (Å²) in [4.78, 5) is 0. The highest BCUT2D eigenvalue weighted by molar-refractivity contribution is 9.10. The number of hydrogen-bond acceptors (Lipinski definition) is 2. The van der Waals surface area contributed by atoms with Gasteiger partial charge in [-0.2, -0.15) is 0 Å². The number of benzene rings is 1. The maximum Gasteiger partial charge on any atom is 0.134 e. The number of rotatable bonds is 2. The third kappa shape index (κ3) is 2.55. The summed E-state index contributed by atoms with van der Waals surface area (Å²) in [5.41, 5.74) is 1.06. The minimum Gasteiger partial charge on any atom is -0.459 e. The Morgan fingerprint density at radius 2 is 1.94 bits per heavy atom. The average Bonchev–Trinajstić information content (AvgIpc) is 2.58. The molecule has 0 fully saturated rings. The summed E-state index contributed by atoms with van der Waals surface area (Å²) >= 11 is 3.48. The summed E-state index contributed by atoms with van der Waals surface area (Å²) in [6.45, 7) is 6.62. The highest BCUT2D eigenvalue weighted by atomic mass is 79.9. The molecule has 2 nitrogen and oxygen atoms in total. The lowest BCUT2D eigenvalue weighted by molar-refractivity contribution is 0.253. The summed E-state index contributed by atoms with van der Waals surface area (Å²) in [5.74, 6) is 0.994. The highest BCUT2D eigenvalue weighted by Gasteiger charge is 2.27. The summed E-state index contributed by atoms with van der Waals surface area (Å²) in [5, 5.41) is 4.47. The van der Waals surface area contributed by atoms with E-state index in [1.165, 1.54) is 0 Å². The molecule has 0 bridgehead atoms. The third-order valence-corrected chi connectivity index (χ3v) is 3.43. The number of fused-ring (bicyclic) bond motifs is 1. The normalized spacial score (nSPS) is 14.2. The lowest BCUT2D eigenvalue weighted by Gasteiger charge is -2.28. The zero-order chi connectivity index (χ0) is 12.6. The number of hydrogen-bond donors (Lipinski definition) is 1. The predicted molar refractivity (Wildman–Crippen MR) is 75.2 cm³/mol. The SMILES string of the molecule is CNC(c1cc2cc(Br)ccc2o1)C(C)(C)C. The van der Waals surface area contributed by atoms with Gasteiger partial charge in [0.2, 0.25) is 0 Å². The Morgan fingerprint density at radius 3 is 2.53 bits per heavy atom. The molecular weight excluding hydrogens is 278 g/mol. The van der Waals surface area contributed by atoms with Gasteiger partial charge in [0, 0.05) is 9.86 Å². The van der Waals surface area contributed by atoms with Gasteiger partial charge in [-0.25, -0.2) is 0 Å². The van der Waals surface area contributed by atoms with Crippen molar-refractivity contribution >= 4 is 26.9 Å². The number of furan rings is 1. The van der Waals surface area contributed by atoms with Crippen LogP contribution in [-0.4, -0.2) is 7.05 Å². The average molecular weight is 296 g/mol. The molecule has 1 aromatic carbocycles. The number of halogens is 1. The standard InChI is InChI=1S/C14H18BrNO/c1-14(2,3)13(16-4)12-8-9-7-10(15)5-6-11(9)17-12/h5-8,13,16H,1-4H3. The van der Waals surface area contributed by atoms with Crippen LogP contribution in [0.2, 0.25) is 0 Å². The molecule has 0 amide bonds. The van der Waals surface area contributed by atoms with Crippen LogP contribution < -0.4 is 5.32 Å². The van der Waals surface area contributed by atoms with E-state index in [0.29, 0.717) is 0 Å². The molecule has 3 heteroatoms. The van der Waals surface area contributed by atoms with Gasteiger partial charge in [0.1, 0.15) is 11.3 Å². The minimum atomic E-state index is 0.125. The van der Waals surface area contributed by atoms with E-state index in [0.717, 1.165) is 21.2 Å². The van der Waals surface area contributed by atoms with E-state index in [9.17, 15) is 0 Å². The fraction of sp³-hybridized carbons (Fsp3) is 0.429. The van der Waals surface area contributed by atoms with Gasteiger partial charge in [0.05, 0.1) is 6.04 Å². The minimum absolute atomic E-state index is 0.125. The molecule has 2 rings (SSSR count). The molecular formula is C14H18BrNO. The molecule has 0 saturated heterocycles. The van der Waals surface area contributed by atoms with Gasteiger partial charge in [-0.3, -0.25) is 0 Å². The molecule has 1 unspecified atom stereocenters. The summed E-state index contributed by atoms with van der Waals surface area (Å²) < 4.78 is 7.00. The first-order chi connectivity index (χ1) is 7.91. The largest absolute Gasteiger partial charge is 0.459 e. The lowest BCUT2D eigenvalue weighted by Crippen LogP contribution is -2.29. The zero-order valence-corrected chi connectivity index (χ0v) is 12.3. The van der Waals surface area contributed by atoms with Crippen molar-refractivity contribution in [2.45, 2.75) is 26.8 Å². The molecule has 0 aliphatic carbocycles. The van der Waals surface area contributed by atoms with Gasteiger partial charge in [-0.15, -0.1) is 0 Å². The molecule has 1 N–H and O–H groups in total. The van der Waals surface area contributed by atoms with Gasteiger partial charge in [0.25, 0.3) is 0 Å². The van der Waals surface area contributed by atoms with Crippen molar-refractivity contribution < 1.29 is 4.42 Å². The Balaban J connectivity index is 2.48. The second-order valence-electron chi connectivity index (χ2n) is 5.42. The van der Waals surface area contributed by atoms with Crippen molar-refractivity contribution in [3.05, 3.63) is 34.5 Å². The Labute approximate surface area is 111 Å². The first kappa shape index (κ1) is 12.7. The van der Waals surface area contributed by atoms with Crippen LogP contribution in [0.15, 0.2) is 33.2 Å². The molecule has 1 heterocycles. The van der Waals surface area contributed by atoms with Crippen molar-refractivity contribution in [2.75, 3.05) is 7.05 Å². The van der Waals surface area contributed by atoms with Crippen molar-refractivity contribution in [3.8, 4) is 0 Å². The van der Waals surface area contributed by atoms with Crippen molar-refractivity contribution in [3.63, 3.8) is 0 Å². The lowest BCUT2D eigenvalue weighted by atomic mass is 9.85. The van der Waals surface area contributed by atoms with Crippen LogP contribution in [0.1, 0.15) is 32.6 Å². The Bertz CT molecular complexity index is 524. The highest BCUT2D eigenvalue weighted by Crippen LogP contribution is 2.35. The van der Waals surface area contributed by atoms with E-state index in [4.69, 9.17) is 4.42 Å². The predicted octanol–water partition coefficient (Wildman–Crippen LogP) is 4.50. The van der Waals surface area contributed by atoms with Crippen LogP contribution in [0.25, 0.3) is 11.0 Å². The molecule has 0 saturated carbocycles. The first-order valence-corrected chi connectivity index (χ1v) is 6.57. The van der Waals surface area contributed by atoms with Crippen molar-refractivity contribution in [2.24, 2.45) is 5.41 Å². The van der Waals surface area contributed by atoms with Crippen LogP contribution >= 0.6 is 15.9 Å². The molecule has 2 aromatic rings. The van der Waals surface area contributed by atoms with Crippen LogP contribution in [0, 0.1) is 5.41 Å². The van der Waals surface area contributed by atoms with E-state index >= 15 is 0 Å². The van der Waals surface area contributed by atoms with E-state index in [1.54, 1.807) is 0 Å². The second-order valence-corrected chi connectivity index (χ2v) is 6.33. The van der Waals surface area contributed by atoms with E-state index < -0.39 is 0 Å². The summed E-state index contributed by atoms with van der Waals surface area (Å²) in [6.07, 6.45) is 0. The van der Waals surface area contributed by atoms with E-state index in [-0.39, 0.29) is 11.5 Å². The van der Waals surface area contributed by atoms with Crippen LogP contribution in [0.4, 0.5) is 0 Å². The van der Waals surface area contributed by atoms with E-state index in [1.807, 2.05) is 19.2 Å². The molecule has 1 atom stereocenters. The van der Waals surface area contributed by atoms with Gasteiger partial charge in [-0.1, -0.05) is 36.7 Å². The summed E-state index contributed by atoms with van der Waals surface area (Å²) in [7, 11) is 1.97. The molecule has 17 heavy (non-hydrogen) atoms. The van der Waals surface area contributed by atoms with Crippen LogP contribution in [-0.2, 0) is 0 Å². The smallest absolute Gasteiger partial charge is 0.134 e.